The highest BCUT2D eigenvalue weighted by molar-refractivity contribution is 4.92. The van der Waals surface area contributed by atoms with E-state index in [9.17, 15) is 0 Å². The van der Waals surface area contributed by atoms with Crippen molar-refractivity contribution in [2.75, 3.05) is 33.4 Å². The number of nitrogens with one attached hydrogen (secondary N) is 1. The highest BCUT2D eigenvalue weighted by atomic mass is 16.5. The maximum atomic E-state index is 5.34. The van der Waals surface area contributed by atoms with Gasteiger partial charge in [0.05, 0.1) is 6.61 Å². The smallest absolute Gasteiger partial charge is 0.0502 e. The molecular formula is C15H30N2O. The molecule has 1 N–H and O–H groups in total. The average Bonchev–Trinajstić information content (AvgIpc) is 2.85. The summed E-state index contributed by atoms with van der Waals surface area (Å²) in [5.74, 6) is 0.760. The lowest BCUT2D eigenvalue weighted by Crippen LogP contribution is -2.51. The molecule has 0 amide bonds. The van der Waals surface area contributed by atoms with Gasteiger partial charge in [0.25, 0.3) is 0 Å². The van der Waals surface area contributed by atoms with Crippen molar-refractivity contribution in [3.63, 3.8) is 0 Å². The second-order valence-electron chi connectivity index (χ2n) is 6.02. The summed E-state index contributed by atoms with van der Waals surface area (Å²) in [6.07, 6.45) is 8.11. The highest BCUT2D eigenvalue weighted by Gasteiger charge is 2.34. The van der Waals surface area contributed by atoms with Gasteiger partial charge < -0.3 is 10.1 Å². The number of hydrogen-bond acceptors (Lipinski definition) is 3. The Bertz CT molecular complexity index is 233. The van der Waals surface area contributed by atoms with Crippen molar-refractivity contribution in [3.8, 4) is 0 Å². The molecule has 2 fully saturated rings. The van der Waals surface area contributed by atoms with E-state index in [-0.39, 0.29) is 0 Å². The summed E-state index contributed by atoms with van der Waals surface area (Å²) in [5.41, 5.74) is 0. The predicted octanol–water partition coefficient (Wildman–Crippen LogP) is 2.27. The van der Waals surface area contributed by atoms with Crippen LogP contribution in [0.4, 0.5) is 0 Å². The van der Waals surface area contributed by atoms with E-state index in [4.69, 9.17) is 4.74 Å². The molecule has 0 aromatic heterocycles. The molecule has 1 aliphatic carbocycles. The fraction of sp³-hybridized carbons (Fsp3) is 1.00. The first-order valence-corrected chi connectivity index (χ1v) is 7.81. The van der Waals surface area contributed by atoms with E-state index in [1.165, 1.54) is 58.2 Å². The standard InChI is InChI=1S/C15H30N2O/c1-3-9-16-14-7-4-8-15(14)17-10-5-6-13(11-17)12-18-2/h13-16H,3-12H2,1-2H3. The number of piperidine rings is 1. The summed E-state index contributed by atoms with van der Waals surface area (Å²) < 4.78 is 5.34. The van der Waals surface area contributed by atoms with Gasteiger partial charge in [-0.3, -0.25) is 4.90 Å². The maximum Gasteiger partial charge on any atom is 0.0502 e. The van der Waals surface area contributed by atoms with Gasteiger partial charge in [0.1, 0.15) is 0 Å². The van der Waals surface area contributed by atoms with Gasteiger partial charge in [-0.25, -0.2) is 0 Å². The third kappa shape index (κ3) is 3.69. The average molecular weight is 254 g/mol. The molecule has 1 aliphatic heterocycles. The number of rotatable bonds is 6. The molecule has 3 unspecified atom stereocenters. The van der Waals surface area contributed by atoms with Crippen LogP contribution in [0.1, 0.15) is 45.4 Å². The summed E-state index contributed by atoms with van der Waals surface area (Å²) >= 11 is 0. The topological polar surface area (TPSA) is 24.5 Å². The second-order valence-corrected chi connectivity index (χ2v) is 6.02. The Labute approximate surface area is 112 Å². The van der Waals surface area contributed by atoms with Gasteiger partial charge in [-0.1, -0.05) is 13.3 Å². The van der Waals surface area contributed by atoms with Crippen molar-refractivity contribution < 1.29 is 4.74 Å². The molecule has 106 valence electrons. The zero-order valence-corrected chi connectivity index (χ0v) is 12.2. The molecule has 3 nitrogen and oxygen atoms in total. The lowest BCUT2D eigenvalue weighted by atomic mass is 9.96. The molecule has 0 aromatic rings. The van der Waals surface area contributed by atoms with Crippen LogP contribution in [-0.2, 0) is 4.74 Å². The van der Waals surface area contributed by atoms with Gasteiger partial charge in [0, 0.05) is 25.7 Å². The normalized spacial score (nSPS) is 34.0. The van der Waals surface area contributed by atoms with Crippen molar-refractivity contribution in [1.29, 1.82) is 0 Å². The van der Waals surface area contributed by atoms with E-state index < -0.39 is 0 Å². The summed E-state index contributed by atoms with van der Waals surface area (Å²) in [7, 11) is 1.83. The van der Waals surface area contributed by atoms with Gasteiger partial charge in [-0.15, -0.1) is 0 Å². The van der Waals surface area contributed by atoms with Gasteiger partial charge in [-0.2, -0.15) is 0 Å². The van der Waals surface area contributed by atoms with E-state index in [1.807, 2.05) is 7.11 Å². The molecule has 0 spiro atoms. The fourth-order valence-electron chi connectivity index (χ4n) is 3.72. The van der Waals surface area contributed by atoms with Crippen molar-refractivity contribution in [3.05, 3.63) is 0 Å². The predicted molar refractivity (Wildman–Crippen MR) is 75.9 cm³/mol. The maximum absolute atomic E-state index is 5.34. The quantitative estimate of drug-likeness (QED) is 0.787. The number of nitrogens with zero attached hydrogens (tertiary/aromatic N) is 1. The molecule has 3 heteroatoms. The number of hydrogen-bond donors (Lipinski definition) is 1. The van der Waals surface area contributed by atoms with E-state index in [0.29, 0.717) is 0 Å². The molecule has 1 saturated heterocycles. The molecule has 1 heterocycles. The third-order valence-corrected chi connectivity index (χ3v) is 4.56. The SMILES string of the molecule is CCCNC1CCCC1N1CCCC(COC)C1. The van der Waals surface area contributed by atoms with Crippen LogP contribution >= 0.6 is 0 Å². The molecule has 18 heavy (non-hydrogen) atoms. The summed E-state index contributed by atoms with van der Waals surface area (Å²) in [6, 6.07) is 1.53. The first-order valence-electron chi connectivity index (χ1n) is 7.81. The van der Waals surface area contributed by atoms with Gasteiger partial charge in [-0.05, 0) is 51.1 Å². The van der Waals surface area contributed by atoms with Gasteiger partial charge >= 0.3 is 0 Å². The summed E-state index contributed by atoms with van der Waals surface area (Å²) in [6.45, 7) is 6.93. The monoisotopic (exact) mass is 254 g/mol. The molecule has 3 atom stereocenters. The Morgan fingerprint density at radius 2 is 2.11 bits per heavy atom. The van der Waals surface area contributed by atoms with Crippen LogP contribution in [-0.4, -0.2) is 50.3 Å². The minimum Gasteiger partial charge on any atom is -0.384 e. The zero-order chi connectivity index (χ0) is 12.8. The van der Waals surface area contributed by atoms with E-state index in [2.05, 4.69) is 17.1 Å². The van der Waals surface area contributed by atoms with Crippen molar-refractivity contribution in [1.82, 2.24) is 10.2 Å². The van der Waals surface area contributed by atoms with Crippen molar-refractivity contribution in [2.45, 2.75) is 57.5 Å². The largest absolute Gasteiger partial charge is 0.384 e. The van der Waals surface area contributed by atoms with E-state index in [0.717, 1.165) is 24.6 Å². The zero-order valence-electron chi connectivity index (χ0n) is 12.2. The Hall–Kier alpha value is -0.120. The van der Waals surface area contributed by atoms with Crippen LogP contribution < -0.4 is 5.32 Å². The number of ether oxygens (including phenoxy) is 1. The first-order chi connectivity index (χ1) is 8.85. The van der Waals surface area contributed by atoms with Crippen LogP contribution in [0.25, 0.3) is 0 Å². The molecule has 0 bridgehead atoms. The Morgan fingerprint density at radius 1 is 1.22 bits per heavy atom. The number of likely N-dealkylation sites (tertiary alicyclic amines) is 1. The van der Waals surface area contributed by atoms with E-state index >= 15 is 0 Å². The Balaban J connectivity index is 1.84. The number of methoxy groups -OCH3 is 1. The minimum atomic E-state index is 0.742. The summed E-state index contributed by atoms with van der Waals surface area (Å²) in [5, 5.41) is 3.75. The van der Waals surface area contributed by atoms with Gasteiger partial charge in [0.15, 0.2) is 0 Å². The molecule has 1 saturated carbocycles. The van der Waals surface area contributed by atoms with Crippen molar-refractivity contribution in [2.24, 2.45) is 5.92 Å². The molecule has 2 aliphatic rings. The molecular weight excluding hydrogens is 224 g/mol. The van der Waals surface area contributed by atoms with Crippen LogP contribution in [0.5, 0.6) is 0 Å². The lowest BCUT2D eigenvalue weighted by molar-refractivity contribution is 0.0622. The summed E-state index contributed by atoms with van der Waals surface area (Å²) in [4.78, 5) is 2.74. The Morgan fingerprint density at radius 3 is 2.89 bits per heavy atom. The second kappa shape index (κ2) is 7.46. The van der Waals surface area contributed by atoms with Crippen LogP contribution in [0.2, 0.25) is 0 Å². The molecule has 2 rings (SSSR count). The molecule has 0 radical (unpaired) electrons. The highest BCUT2D eigenvalue weighted by Crippen LogP contribution is 2.28. The van der Waals surface area contributed by atoms with Crippen LogP contribution in [0.15, 0.2) is 0 Å². The lowest BCUT2D eigenvalue weighted by Gasteiger charge is -2.39. The molecule has 0 aromatic carbocycles. The first kappa shape index (κ1) is 14.3. The Kier molecular flexibility index (Phi) is 5.93. The van der Waals surface area contributed by atoms with E-state index in [1.54, 1.807) is 0 Å². The fourth-order valence-corrected chi connectivity index (χ4v) is 3.72. The van der Waals surface area contributed by atoms with Crippen molar-refractivity contribution >= 4 is 0 Å². The van der Waals surface area contributed by atoms with Crippen LogP contribution in [0, 0.1) is 5.92 Å². The minimum absolute atomic E-state index is 0.742. The third-order valence-electron chi connectivity index (χ3n) is 4.56. The van der Waals surface area contributed by atoms with Gasteiger partial charge in [0.2, 0.25) is 0 Å². The van der Waals surface area contributed by atoms with Crippen LogP contribution in [0.3, 0.4) is 0 Å².